The van der Waals surface area contributed by atoms with Gasteiger partial charge in [-0.1, -0.05) is 18.2 Å². The van der Waals surface area contributed by atoms with Gasteiger partial charge in [-0.25, -0.2) is 4.39 Å². The number of alkyl halides is 3. The summed E-state index contributed by atoms with van der Waals surface area (Å²) in [5.41, 5.74) is 1.72. The van der Waals surface area contributed by atoms with E-state index in [0.717, 1.165) is 42.0 Å². The molecule has 0 spiro atoms. The molecule has 0 heterocycles. The molecule has 2 aromatic rings. The third-order valence-corrected chi connectivity index (χ3v) is 4.91. The minimum atomic E-state index is -4.60. The molecule has 0 saturated carbocycles. The molecule has 0 fully saturated rings. The number of hydrogen-bond acceptors (Lipinski definition) is 2. The van der Waals surface area contributed by atoms with E-state index in [2.05, 4.69) is 0 Å². The molecule has 154 valence electrons. The van der Waals surface area contributed by atoms with E-state index in [9.17, 15) is 22.4 Å². The highest BCUT2D eigenvalue weighted by Gasteiger charge is 2.34. The van der Waals surface area contributed by atoms with E-state index in [1.54, 1.807) is 6.07 Å². The van der Waals surface area contributed by atoms with E-state index in [-0.39, 0.29) is 36.6 Å². The van der Waals surface area contributed by atoms with Gasteiger partial charge in [-0.2, -0.15) is 13.2 Å². The Bertz CT molecular complexity index is 932. The molecular formula is C22H20F4O3. The van der Waals surface area contributed by atoms with Crippen molar-refractivity contribution in [2.75, 3.05) is 6.61 Å². The van der Waals surface area contributed by atoms with Crippen LogP contribution in [0.4, 0.5) is 17.6 Å². The van der Waals surface area contributed by atoms with Crippen molar-refractivity contribution in [1.29, 1.82) is 0 Å². The Morgan fingerprint density at radius 2 is 1.90 bits per heavy atom. The molecule has 1 aliphatic rings. The van der Waals surface area contributed by atoms with Crippen molar-refractivity contribution in [2.24, 2.45) is 0 Å². The number of rotatable bonds is 7. The maximum absolute atomic E-state index is 13.5. The zero-order valence-electron chi connectivity index (χ0n) is 15.6. The highest BCUT2D eigenvalue weighted by Crippen LogP contribution is 2.37. The maximum atomic E-state index is 13.5. The number of carbonyl (C=O) groups is 1. The summed E-state index contributed by atoms with van der Waals surface area (Å²) in [6.45, 7) is 0.123. The first-order chi connectivity index (χ1) is 13.7. The Morgan fingerprint density at radius 3 is 2.59 bits per heavy atom. The summed E-state index contributed by atoms with van der Waals surface area (Å²) in [6, 6.07) is 9.83. The first-order valence-electron chi connectivity index (χ1n) is 9.25. The highest BCUT2D eigenvalue weighted by atomic mass is 19.4. The summed E-state index contributed by atoms with van der Waals surface area (Å²) in [7, 11) is 0. The summed E-state index contributed by atoms with van der Waals surface area (Å²) < 4.78 is 59.2. The van der Waals surface area contributed by atoms with Crippen LogP contribution in [-0.2, 0) is 17.4 Å². The van der Waals surface area contributed by atoms with Crippen LogP contribution in [0.1, 0.15) is 42.4 Å². The van der Waals surface area contributed by atoms with Gasteiger partial charge < -0.3 is 9.84 Å². The van der Waals surface area contributed by atoms with Crippen molar-refractivity contribution in [1.82, 2.24) is 0 Å². The zero-order chi connectivity index (χ0) is 21.0. The fourth-order valence-corrected chi connectivity index (χ4v) is 3.53. The fraction of sp³-hybridized carbons (Fsp3) is 0.318. The van der Waals surface area contributed by atoms with Gasteiger partial charge in [0, 0.05) is 6.42 Å². The molecule has 3 rings (SSSR count). The number of benzene rings is 2. The summed E-state index contributed by atoms with van der Waals surface area (Å²) in [5, 5.41) is 8.73. The van der Waals surface area contributed by atoms with Gasteiger partial charge >= 0.3 is 12.1 Å². The van der Waals surface area contributed by atoms with Gasteiger partial charge in [0.05, 0.1) is 5.56 Å². The average Bonchev–Trinajstić information content (AvgIpc) is 3.13. The number of hydrogen-bond donors (Lipinski definition) is 1. The molecule has 3 nitrogen and oxygen atoms in total. The van der Waals surface area contributed by atoms with E-state index in [1.807, 2.05) is 6.07 Å². The van der Waals surface area contributed by atoms with Crippen molar-refractivity contribution in [3.05, 3.63) is 70.5 Å². The number of allylic oxidation sites excluding steroid dienone is 1. The second kappa shape index (κ2) is 8.68. The van der Waals surface area contributed by atoms with E-state index < -0.39 is 17.7 Å². The molecule has 29 heavy (non-hydrogen) atoms. The molecule has 2 aromatic carbocycles. The Balaban J connectivity index is 1.79. The molecule has 1 aliphatic carbocycles. The fourth-order valence-electron chi connectivity index (χ4n) is 3.53. The van der Waals surface area contributed by atoms with Gasteiger partial charge in [0.2, 0.25) is 0 Å². The second-order valence-corrected chi connectivity index (χ2v) is 6.95. The highest BCUT2D eigenvalue weighted by molar-refractivity contribution is 5.71. The Morgan fingerprint density at radius 1 is 1.10 bits per heavy atom. The maximum Gasteiger partial charge on any atom is 0.416 e. The van der Waals surface area contributed by atoms with Crippen LogP contribution in [-0.4, -0.2) is 17.7 Å². The first-order valence-corrected chi connectivity index (χ1v) is 9.25. The number of carboxylic acid groups (broad SMARTS) is 1. The zero-order valence-corrected chi connectivity index (χ0v) is 15.6. The van der Waals surface area contributed by atoms with Gasteiger partial charge in [-0.3, -0.25) is 4.79 Å². The van der Waals surface area contributed by atoms with Crippen LogP contribution >= 0.6 is 0 Å². The molecule has 7 heteroatoms. The van der Waals surface area contributed by atoms with Crippen LogP contribution in [0.2, 0.25) is 0 Å². The van der Waals surface area contributed by atoms with Crippen LogP contribution in [0.5, 0.6) is 5.75 Å². The lowest BCUT2D eigenvalue weighted by Gasteiger charge is -2.15. The van der Waals surface area contributed by atoms with Gasteiger partial charge in [-0.05, 0) is 72.2 Å². The molecule has 0 aromatic heterocycles. The molecule has 1 N–H and O–H groups in total. The number of aliphatic carboxylic acids is 1. The van der Waals surface area contributed by atoms with Crippen LogP contribution in [0.3, 0.4) is 0 Å². The predicted octanol–water partition coefficient (Wildman–Crippen LogP) is 5.88. The molecule has 0 atom stereocenters. The number of carboxylic acids is 1. The van der Waals surface area contributed by atoms with Crippen molar-refractivity contribution >= 4 is 11.5 Å². The minimum absolute atomic E-state index is 0.0643. The largest absolute Gasteiger partial charge is 0.489 e. The van der Waals surface area contributed by atoms with Crippen molar-refractivity contribution in [3.63, 3.8) is 0 Å². The summed E-state index contributed by atoms with van der Waals surface area (Å²) in [5.74, 6) is -1.43. The van der Waals surface area contributed by atoms with Crippen LogP contribution in [0, 0.1) is 5.82 Å². The standard InChI is InChI=1S/C22H20F4O3/c23-17-5-1-3-15(11-17)19-6-2-4-16(19)13-29-18-9-7-14(8-10-21(27)28)20(12-18)22(24,25)26/h1,3,5,7,9,11-12H,2,4,6,8,10,13H2,(H,27,28). The SMILES string of the molecule is O=C(O)CCc1ccc(OCC2=C(c3cccc(F)c3)CCC2)cc1C(F)(F)F. The lowest BCUT2D eigenvalue weighted by atomic mass is 10.0. The normalized spacial score (nSPS) is 14.3. The first kappa shape index (κ1) is 20.9. The molecular weight excluding hydrogens is 388 g/mol. The predicted molar refractivity (Wildman–Crippen MR) is 100 cm³/mol. The quantitative estimate of drug-likeness (QED) is 0.582. The Hall–Kier alpha value is -2.83. The average molecular weight is 408 g/mol. The molecule has 0 amide bonds. The lowest BCUT2D eigenvalue weighted by Crippen LogP contribution is -2.11. The summed E-state index contributed by atoms with van der Waals surface area (Å²) in [6.07, 6.45) is -2.80. The Kier molecular flexibility index (Phi) is 6.25. The van der Waals surface area contributed by atoms with E-state index in [4.69, 9.17) is 9.84 Å². The van der Waals surface area contributed by atoms with Crippen LogP contribution in [0.25, 0.3) is 5.57 Å². The Labute approximate surface area is 165 Å². The number of aryl methyl sites for hydroxylation is 1. The van der Waals surface area contributed by atoms with E-state index in [1.165, 1.54) is 24.3 Å². The molecule has 0 radical (unpaired) electrons. The smallest absolute Gasteiger partial charge is 0.416 e. The van der Waals surface area contributed by atoms with Crippen LogP contribution in [0.15, 0.2) is 48.0 Å². The second-order valence-electron chi connectivity index (χ2n) is 6.95. The van der Waals surface area contributed by atoms with Crippen molar-refractivity contribution < 1.29 is 32.2 Å². The third kappa shape index (κ3) is 5.37. The molecule has 0 unspecified atom stereocenters. The van der Waals surface area contributed by atoms with E-state index >= 15 is 0 Å². The van der Waals surface area contributed by atoms with Crippen molar-refractivity contribution in [3.8, 4) is 5.75 Å². The monoisotopic (exact) mass is 408 g/mol. The topological polar surface area (TPSA) is 46.5 Å². The third-order valence-electron chi connectivity index (χ3n) is 4.91. The van der Waals surface area contributed by atoms with Crippen LogP contribution < -0.4 is 4.74 Å². The molecule has 0 saturated heterocycles. The van der Waals surface area contributed by atoms with Gasteiger partial charge in [0.15, 0.2) is 0 Å². The number of ether oxygens (including phenoxy) is 1. The van der Waals surface area contributed by atoms with E-state index in [0.29, 0.717) is 0 Å². The lowest BCUT2D eigenvalue weighted by molar-refractivity contribution is -0.140. The van der Waals surface area contributed by atoms with Gasteiger partial charge in [0.25, 0.3) is 0 Å². The molecule has 0 aliphatic heterocycles. The summed E-state index contributed by atoms with van der Waals surface area (Å²) >= 11 is 0. The summed E-state index contributed by atoms with van der Waals surface area (Å²) in [4.78, 5) is 10.7. The van der Waals surface area contributed by atoms with Gasteiger partial charge in [0.1, 0.15) is 18.2 Å². The van der Waals surface area contributed by atoms with Gasteiger partial charge in [-0.15, -0.1) is 0 Å². The number of halogens is 4. The van der Waals surface area contributed by atoms with Crippen molar-refractivity contribution in [2.45, 2.75) is 38.3 Å². The molecule has 0 bridgehead atoms. The minimum Gasteiger partial charge on any atom is -0.489 e.